The zero-order chi connectivity index (χ0) is 9.90. The molecule has 0 spiro atoms. The summed E-state index contributed by atoms with van der Waals surface area (Å²) in [4.78, 5) is 3.98. The molecule has 0 amide bonds. The van der Waals surface area contributed by atoms with Crippen LogP contribution < -0.4 is 5.73 Å². The fourth-order valence-electron chi connectivity index (χ4n) is 1.08. The third-order valence-corrected chi connectivity index (χ3v) is 2.27. The first kappa shape index (κ1) is 10.2. The van der Waals surface area contributed by atoms with E-state index in [1.165, 1.54) is 0 Å². The summed E-state index contributed by atoms with van der Waals surface area (Å²) < 4.78 is 0. The Kier molecular flexibility index (Phi) is 3.01. The molecule has 0 radical (unpaired) electrons. The molecule has 1 heterocycles. The third kappa shape index (κ3) is 2.79. The summed E-state index contributed by atoms with van der Waals surface area (Å²) >= 11 is 0. The maximum atomic E-state index is 9.89. The molecule has 1 aromatic rings. The lowest BCUT2D eigenvalue weighted by Gasteiger charge is -2.27. The van der Waals surface area contributed by atoms with Crippen LogP contribution in [0.5, 0.6) is 0 Å². The number of hydrogen-bond donors (Lipinski definition) is 2. The van der Waals surface area contributed by atoms with Crippen LogP contribution in [0, 0.1) is 0 Å². The van der Waals surface area contributed by atoms with Crippen LogP contribution >= 0.6 is 0 Å². The predicted molar refractivity (Wildman–Crippen MR) is 52.2 cm³/mol. The zero-order valence-electron chi connectivity index (χ0n) is 8.07. The van der Waals surface area contributed by atoms with Crippen LogP contribution in [0.4, 0.5) is 0 Å². The van der Waals surface area contributed by atoms with E-state index in [0.717, 1.165) is 5.56 Å². The van der Waals surface area contributed by atoms with Crippen molar-refractivity contribution in [2.24, 2.45) is 5.73 Å². The predicted octanol–water partition coefficient (Wildman–Crippen LogP) is 0.722. The highest BCUT2D eigenvalue weighted by Crippen LogP contribution is 2.14. The standard InChI is InChI=1S/C10H16N2O/c1-8(11)10(2,13)6-9-4-3-5-12-7-9/h3-5,7-8,13H,6,11H2,1-2H3. The minimum atomic E-state index is -0.858. The number of pyridine rings is 1. The summed E-state index contributed by atoms with van der Waals surface area (Å²) in [7, 11) is 0. The molecule has 1 rings (SSSR count). The molecular formula is C10H16N2O. The summed E-state index contributed by atoms with van der Waals surface area (Å²) in [6, 6.07) is 3.55. The Labute approximate surface area is 78.6 Å². The summed E-state index contributed by atoms with van der Waals surface area (Å²) in [6.07, 6.45) is 4.00. The van der Waals surface area contributed by atoms with E-state index >= 15 is 0 Å². The highest BCUT2D eigenvalue weighted by Gasteiger charge is 2.25. The molecule has 0 aliphatic carbocycles. The second-order valence-corrected chi connectivity index (χ2v) is 3.68. The monoisotopic (exact) mass is 180 g/mol. The van der Waals surface area contributed by atoms with Gasteiger partial charge in [0.15, 0.2) is 0 Å². The van der Waals surface area contributed by atoms with Crippen molar-refractivity contribution in [3.63, 3.8) is 0 Å². The molecule has 0 saturated heterocycles. The van der Waals surface area contributed by atoms with Crippen molar-refractivity contribution in [3.05, 3.63) is 30.1 Å². The normalized spacial score (nSPS) is 17.8. The molecule has 0 saturated carbocycles. The summed E-state index contributed by atoms with van der Waals surface area (Å²) in [6.45, 7) is 3.54. The smallest absolute Gasteiger partial charge is 0.0807 e. The molecule has 0 aliphatic rings. The first-order valence-corrected chi connectivity index (χ1v) is 4.39. The topological polar surface area (TPSA) is 59.1 Å². The van der Waals surface area contributed by atoms with Gasteiger partial charge in [-0.3, -0.25) is 4.98 Å². The van der Waals surface area contributed by atoms with Gasteiger partial charge >= 0.3 is 0 Å². The van der Waals surface area contributed by atoms with Crippen LogP contribution in [0.15, 0.2) is 24.5 Å². The van der Waals surface area contributed by atoms with E-state index < -0.39 is 5.60 Å². The van der Waals surface area contributed by atoms with Crippen LogP contribution in [0.2, 0.25) is 0 Å². The highest BCUT2D eigenvalue weighted by molar-refractivity contribution is 5.12. The van der Waals surface area contributed by atoms with Crippen molar-refractivity contribution in [1.82, 2.24) is 4.98 Å². The van der Waals surface area contributed by atoms with Gasteiger partial charge in [-0.2, -0.15) is 0 Å². The molecule has 0 bridgehead atoms. The van der Waals surface area contributed by atoms with Crippen molar-refractivity contribution in [2.45, 2.75) is 31.9 Å². The van der Waals surface area contributed by atoms with Crippen LogP contribution in [-0.2, 0) is 6.42 Å². The van der Waals surface area contributed by atoms with Crippen molar-refractivity contribution in [1.29, 1.82) is 0 Å². The second kappa shape index (κ2) is 3.85. The Balaban J connectivity index is 2.69. The molecule has 0 aliphatic heterocycles. The number of rotatable bonds is 3. The van der Waals surface area contributed by atoms with Gasteiger partial charge in [0.25, 0.3) is 0 Å². The first-order chi connectivity index (χ1) is 6.02. The quantitative estimate of drug-likeness (QED) is 0.720. The average molecular weight is 180 g/mol. The molecular weight excluding hydrogens is 164 g/mol. The van der Waals surface area contributed by atoms with Gasteiger partial charge in [0.1, 0.15) is 0 Å². The van der Waals surface area contributed by atoms with Gasteiger partial charge < -0.3 is 10.8 Å². The summed E-state index contributed by atoms with van der Waals surface area (Å²) in [5.74, 6) is 0. The lowest BCUT2D eigenvalue weighted by atomic mass is 9.91. The van der Waals surface area contributed by atoms with Gasteiger partial charge in [-0.1, -0.05) is 6.07 Å². The average Bonchev–Trinajstić information content (AvgIpc) is 2.05. The molecule has 3 nitrogen and oxygen atoms in total. The Morgan fingerprint density at radius 3 is 2.85 bits per heavy atom. The second-order valence-electron chi connectivity index (χ2n) is 3.68. The largest absolute Gasteiger partial charge is 0.388 e. The lowest BCUT2D eigenvalue weighted by Crippen LogP contribution is -2.45. The van der Waals surface area contributed by atoms with Crippen molar-refractivity contribution in [3.8, 4) is 0 Å². The van der Waals surface area contributed by atoms with E-state index in [9.17, 15) is 5.11 Å². The van der Waals surface area contributed by atoms with Crippen molar-refractivity contribution in [2.75, 3.05) is 0 Å². The minimum absolute atomic E-state index is 0.243. The summed E-state index contributed by atoms with van der Waals surface area (Å²) in [5, 5.41) is 9.89. The molecule has 0 aromatic carbocycles. The molecule has 2 unspecified atom stereocenters. The Bertz CT molecular complexity index is 257. The Hall–Kier alpha value is -0.930. The van der Waals surface area contributed by atoms with Gasteiger partial charge in [-0.25, -0.2) is 0 Å². The summed E-state index contributed by atoms with van der Waals surface area (Å²) in [5.41, 5.74) is 5.79. The van der Waals surface area contributed by atoms with E-state index in [1.807, 2.05) is 12.1 Å². The van der Waals surface area contributed by atoms with Crippen LogP contribution in [0.3, 0.4) is 0 Å². The molecule has 3 N–H and O–H groups in total. The van der Waals surface area contributed by atoms with Gasteiger partial charge in [0.05, 0.1) is 5.60 Å². The zero-order valence-corrected chi connectivity index (χ0v) is 8.07. The maximum Gasteiger partial charge on any atom is 0.0807 e. The molecule has 3 heteroatoms. The SMILES string of the molecule is CC(N)C(C)(O)Cc1cccnc1. The van der Waals surface area contributed by atoms with Gasteiger partial charge in [-0.05, 0) is 25.5 Å². The van der Waals surface area contributed by atoms with Crippen LogP contribution in [0.25, 0.3) is 0 Å². The van der Waals surface area contributed by atoms with E-state index in [-0.39, 0.29) is 6.04 Å². The number of nitrogens with zero attached hydrogens (tertiary/aromatic N) is 1. The van der Waals surface area contributed by atoms with Crippen LogP contribution in [-0.4, -0.2) is 21.7 Å². The molecule has 13 heavy (non-hydrogen) atoms. The Morgan fingerprint density at radius 2 is 2.38 bits per heavy atom. The fraction of sp³-hybridized carbons (Fsp3) is 0.500. The van der Waals surface area contributed by atoms with Gasteiger partial charge in [-0.15, -0.1) is 0 Å². The lowest BCUT2D eigenvalue weighted by molar-refractivity contribution is 0.0388. The van der Waals surface area contributed by atoms with E-state index in [1.54, 1.807) is 26.2 Å². The number of aromatic nitrogens is 1. The van der Waals surface area contributed by atoms with Crippen LogP contribution in [0.1, 0.15) is 19.4 Å². The number of nitrogens with two attached hydrogens (primary N) is 1. The van der Waals surface area contributed by atoms with E-state index in [2.05, 4.69) is 4.98 Å². The molecule has 1 aromatic heterocycles. The number of aliphatic hydroxyl groups is 1. The molecule has 0 fully saturated rings. The number of hydrogen-bond acceptors (Lipinski definition) is 3. The molecule has 72 valence electrons. The highest BCUT2D eigenvalue weighted by atomic mass is 16.3. The van der Waals surface area contributed by atoms with Crippen molar-refractivity contribution < 1.29 is 5.11 Å². The third-order valence-electron chi connectivity index (χ3n) is 2.27. The van der Waals surface area contributed by atoms with E-state index in [4.69, 9.17) is 5.73 Å². The maximum absolute atomic E-state index is 9.89. The van der Waals surface area contributed by atoms with Gasteiger partial charge in [0.2, 0.25) is 0 Å². The van der Waals surface area contributed by atoms with E-state index in [0.29, 0.717) is 6.42 Å². The molecule has 2 atom stereocenters. The van der Waals surface area contributed by atoms with Crippen molar-refractivity contribution >= 4 is 0 Å². The minimum Gasteiger partial charge on any atom is -0.388 e. The first-order valence-electron chi connectivity index (χ1n) is 4.39. The van der Waals surface area contributed by atoms with Gasteiger partial charge in [0, 0.05) is 24.9 Å². The Morgan fingerprint density at radius 1 is 1.69 bits per heavy atom. The fourth-order valence-corrected chi connectivity index (χ4v) is 1.08.